The second-order valence-electron chi connectivity index (χ2n) is 9.52. The summed E-state index contributed by atoms with van der Waals surface area (Å²) < 4.78 is 129. The Balaban J connectivity index is 1.84. The smallest absolute Gasteiger partial charge is 0.390 e. The molecule has 216 valence electrons. The lowest BCUT2D eigenvalue weighted by Gasteiger charge is -2.38. The summed E-state index contributed by atoms with van der Waals surface area (Å²) >= 11 is 0. The summed E-state index contributed by atoms with van der Waals surface area (Å²) in [6, 6.07) is 13.0. The van der Waals surface area contributed by atoms with Gasteiger partial charge in [0.15, 0.2) is 9.84 Å². The fourth-order valence-electron chi connectivity index (χ4n) is 4.99. The maximum Gasteiger partial charge on any atom is 0.430 e. The van der Waals surface area contributed by atoms with Gasteiger partial charge in [0.25, 0.3) is 5.60 Å². The molecule has 0 spiro atoms. The normalized spacial score (nSPS) is 22.4. The third-order valence-corrected chi connectivity index (χ3v) is 9.56. The topological polar surface area (TPSA) is 83.8 Å². The average Bonchev–Trinajstić information content (AvgIpc) is 3.19. The Labute approximate surface area is 224 Å². The molecule has 1 aliphatic rings. The molecule has 0 aliphatic heterocycles. The average molecular weight is 593 g/mol. The molecule has 3 aromatic rings. The molecule has 0 radical (unpaired) electrons. The molecule has 1 aliphatic carbocycles. The van der Waals surface area contributed by atoms with Crippen molar-refractivity contribution in [2.75, 3.05) is 0 Å². The van der Waals surface area contributed by atoms with Crippen LogP contribution in [0.1, 0.15) is 29.5 Å². The Morgan fingerprint density at radius 1 is 0.775 bits per heavy atom. The SMILES string of the molecule is O=S(=O)(c1ccc(F)cc1)C1(c2ccc(C(OCc3ccccc3)(C(F)(F)F)C(F)(F)F)cc2)CC(O)C(O)C1. The molecule has 0 saturated heterocycles. The van der Waals surface area contributed by atoms with Crippen LogP contribution in [0.25, 0.3) is 0 Å². The quantitative estimate of drug-likeness (QED) is 0.278. The molecule has 1 saturated carbocycles. The van der Waals surface area contributed by atoms with Crippen molar-refractivity contribution >= 4 is 9.84 Å². The largest absolute Gasteiger partial charge is 0.430 e. The Bertz CT molecular complexity index is 1400. The molecule has 4 rings (SSSR count). The molecule has 0 amide bonds. The molecule has 5 nitrogen and oxygen atoms in total. The monoisotopic (exact) mass is 592 g/mol. The van der Waals surface area contributed by atoms with E-state index in [4.69, 9.17) is 0 Å². The van der Waals surface area contributed by atoms with Crippen molar-refractivity contribution in [3.8, 4) is 0 Å². The zero-order valence-corrected chi connectivity index (χ0v) is 21.3. The van der Waals surface area contributed by atoms with Crippen molar-refractivity contribution < 1.29 is 54.1 Å². The lowest BCUT2D eigenvalue weighted by molar-refractivity contribution is -0.392. The second-order valence-corrected chi connectivity index (χ2v) is 11.8. The summed E-state index contributed by atoms with van der Waals surface area (Å²) in [5.41, 5.74) is -6.32. The summed E-state index contributed by atoms with van der Waals surface area (Å²) in [6.45, 7) is -1.04. The highest BCUT2D eigenvalue weighted by atomic mass is 32.2. The third kappa shape index (κ3) is 5.00. The lowest BCUT2D eigenvalue weighted by Crippen LogP contribution is -2.55. The number of aliphatic hydroxyl groups excluding tert-OH is 2. The Morgan fingerprint density at radius 2 is 1.27 bits per heavy atom. The van der Waals surface area contributed by atoms with Gasteiger partial charge in [-0.2, -0.15) is 26.3 Å². The number of halogens is 7. The first-order valence-corrected chi connectivity index (χ1v) is 13.3. The van der Waals surface area contributed by atoms with Gasteiger partial charge < -0.3 is 14.9 Å². The number of aliphatic hydroxyl groups is 2. The maximum absolute atomic E-state index is 14.2. The van der Waals surface area contributed by atoms with Gasteiger partial charge in [0.1, 0.15) is 10.6 Å². The van der Waals surface area contributed by atoms with E-state index in [1.165, 1.54) is 30.3 Å². The summed E-state index contributed by atoms with van der Waals surface area (Å²) in [4.78, 5) is -0.412. The van der Waals surface area contributed by atoms with Crippen LogP contribution in [0.5, 0.6) is 0 Å². The zero-order valence-electron chi connectivity index (χ0n) is 20.5. The van der Waals surface area contributed by atoms with E-state index >= 15 is 0 Å². The van der Waals surface area contributed by atoms with E-state index in [9.17, 15) is 49.4 Å². The van der Waals surface area contributed by atoms with E-state index in [-0.39, 0.29) is 11.1 Å². The molecular weight excluding hydrogens is 569 g/mol. The highest BCUT2D eigenvalue weighted by molar-refractivity contribution is 7.92. The fraction of sp³-hybridized carbons (Fsp3) is 0.333. The molecule has 40 heavy (non-hydrogen) atoms. The van der Waals surface area contributed by atoms with Crippen LogP contribution in [0.15, 0.2) is 83.8 Å². The number of rotatable bonds is 7. The molecule has 2 atom stereocenters. The minimum Gasteiger partial charge on any atom is -0.390 e. The van der Waals surface area contributed by atoms with Crippen LogP contribution >= 0.6 is 0 Å². The number of hydrogen-bond donors (Lipinski definition) is 2. The second kappa shape index (κ2) is 10.4. The molecule has 1 fully saturated rings. The first-order valence-electron chi connectivity index (χ1n) is 11.8. The van der Waals surface area contributed by atoms with Crippen molar-refractivity contribution in [1.82, 2.24) is 0 Å². The standard InChI is InChI=1S/C27H23F7O5S/c28-20-10-12-21(13-11-20)40(37,38)24(14-22(35)23(36)15-24)18-6-8-19(9-7-18)25(26(29,30)31,27(32,33)34)39-16-17-4-2-1-3-5-17/h1-13,22-23,35-36H,14-16H2. The van der Waals surface area contributed by atoms with Gasteiger partial charge in [0.05, 0.1) is 23.7 Å². The van der Waals surface area contributed by atoms with Crippen LogP contribution in [0.4, 0.5) is 30.7 Å². The van der Waals surface area contributed by atoms with E-state index in [0.29, 0.717) is 12.1 Å². The number of ether oxygens (including phenoxy) is 1. The highest BCUT2D eigenvalue weighted by Crippen LogP contribution is 2.54. The summed E-state index contributed by atoms with van der Waals surface area (Å²) in [5, 5.41) is 20.5. The van der Waals surface area contributed by atoms with Crippen LogP contribution in [-0.4, -0.2) is 43.2 Å². The van der Waals surface area contributed by atoms with Gasteiger partial charge in [-0.15, -0.1) is 0 Å². The van der Waals surface area contributed by atoms with Gasteiger partial charge in [0.2, 0.25) is 0 Å². The molecule has 0 bridgehead atoms. The molecule has 13 heteroatoms. The van der Waals surface area contributed by atoms with Gasteiger partial charge in [0, 0.05) is 5.56 Å². The Kier molecular flexibility index (Phi) is 7.82. The van der Waals surface area contributed by atoms with Crippen LogP contribution in [0, 0.1) is 5.82 Å². The molecule has 3 aromatic carbocycles. The summed E-state index contributed by atoms with van der Waals surface area (Å²) in [7, 11) is -4.55. The summed E-state index contributed by atoms with van der Waals surface area (Å²) in [5.74, 6) is -0.755. The van der Waals surface area contributed by atoms with Crippen molar-refractivity contribution in [3.63, 3.8) is 0 Å². The van der Waals surface area contributed by atoms with Crippen LogP contribution in [-0.2, 0) is 31.5 Å². The number of hydrogen-bond acceptors (Lipinski definition) is 5. The number of alkyl halides is 6. The van der Waals surface area contributed by atoms with Gasteiger partial charge in [-0.1, -0.05) is 54.6 Å². The van der Waals surface area contributed by atoms with E-state index in [1.807, 2.05) is 0 Å². The van der Waals surface area contributed by atoms with Crippen molar-refractivity contribution in [2.24, 2.45) is 0 Å². The zero-order chi connectivity index (χ0) is 29.6. The van der Waals surface area contributed by atoms with Crippen molar-refractivity contribution in [2.45, 2.75) is 59.3 Å². The molecule has 2 N–H and O–H groups in total. The first-order chi connectivity index (χ1) is 18.5. The molecular formula is C27H23F7O5S. The minimum atomic E-state index is -5.97. The van der Waals surface area contributed by atoms with E-state index in [1.54, 1.807) is 0 Å². The molecule has 2 unspecified atom stereocenters. The number of benzene rings is 3. The van der Waals surface area contributed by atoms with E-state index in [0.717, 1.165) is 36.4 Å². The van der Waals surface area contributed by atoms with Crippen LogP contribution in [0.2, 0.25) is 0 Å². The van der Waals surface area contributed by atoms with Gasteiger partial charge in [-0.3, -0.25) is 0 Å². The number of sulfone groups is 1. The first kappa shape index (κ1) is 30.0. The van der Waals surface area contributed by atoms with Gasteiger partial charge in [-0.25, -0.2) is 12.8 Å². The highest BCUT2D eigenvalue weighted by Gasteiger charge is 2.73. The Morgan fingerprint density at radius 3 is 1.75 bits per heavy atom. The third-order valence-electron chi connectivity index (χ3n) is 7.07. The fourth-order valence-corrected chi connectivity index (χ4v) is 7.16. The maximum atomic E-state index is 14.2. The molecule has 0 aromatic heterocycles. The van der Waals surface area contributed by atoms with E-state index in [2.05, 4.69) is 4.74 Å². The van der Waals surface area contributed by atoms with E-state index < -0.39 is 80.5 Å². The lowest BCUT2D eigenvalue weighted by atomic mass is 9.88. The predicted molar refractivity (Wildman–Crippen MR) is 128 cm³/mol. The van der Waals surface area contributed by atoms with Crippen molar-refractivity contribution in [3.05, 3.63) is 101 Å². The van der Waals surface area contributed by atoms with Crippen molar-refractivity contribution in [1.29, 1.82) is 0 Å². The Hall–Kier alpha value is -3.00. The van der Waals surface area contributed by atoms with Crippen LogP contribution in [0.3, 0.4) is 0 Å². The predicted octanol–water partition coefficient (Wildman–Crippen LogP) is 5.55. The summed E-state index contributed by atoms with van der Waals surface area (Å²) in [6.07, 6.45) is -16.3. The minimum absolute atomic E-state index is 0.0512. The van der Waals surface area contributed by atoms with Gasteiger partial charge >= 0.3 is 12.4 Å². The van der Waals surface area contributed by atoms with Crippen LogP contribution < -0.4 is 0 Å². The van der Waals surface area contributed by atoms with Gasteiger partial charge in [-0.05, 0) is 48.2 Å². The molecule has 0 heterocycles.